The normalized spacial score (nSPS) is 10.3. The highest BCUT2D eigenvalue weighted by molar-refractivity contribution is 5.16. The summed E-state index contributed by atoms with van der Waals surface area (Å²) >= 11 is 0. The molecule has 0 aliphatic heterocycles. The molecular weight excluding hydrogens is 144 g/mol. The Morgan fingerprint density at radius 3 is 2.73 bits per heavy atom. The van der Waals surface area contributed by atoms with Gasteiger partial charge in [-0.15, -0.1) is 10.2 Å². The third kappa shape index (κ3) is 1.58. The molecule has 0 saturated carbocycles. The zero-order valence-corrected chi connectivity index (χ0v) is 6.41. The maximum absolute atomic E-state index is 5.47. The summed E-state index contributed by atoms with van der Waals surface area (Å²) in [4.78, 5) is 0. The second-order valence-corrected chi connectivity index (χ2v) is 2.12. The zero-order valence-electron chi connectivity index (χ0n) is 6.41. The van der Waals surface area contributed by atoms with Crippen LogP contribution in [0.5, 0.6) is 0 Å². The molecule has 0 spiro atoms. The van der Waals surface area contributed by atoms with E-state index in [1.165, 1.54) is 4.68 Å². The topological polar surface area (TPSA) is 94.8 Å². The highest BCUT2D eigenvalue weighted by atomic mass is 15.4. The van der Waals surface area contributed by atoms with Gasteiger partial charge in [0.05, 0.1) is 6.54 Å². The number of nitrogens with one attached hydrogen (secondary N) is 1. The number of rotatable bonds is 3. The summed E-state index contributed by atoms with van der Waals surface area (Å²) in [6.07, 6.45) is 0. The number of nitrogens with two attached hydrogens (primary N) is 2. The lowest BCUT2D eigenvalue weighted by Crippen LogP contribution is -2.21. The van der Waals surface area contributed by atoms with E-state index in [0.717, 1.165) is 6.54 Å². The van der Waals surface area contributed by atoms with Crippen molar-refractivity contribution in [1.82, 2.24) is 20.2 Å². The molecular formula is C5H12N6. The molecule has 1 rings (SSSR count). The second-order valence-electron chi connectivity index (χ2n) is 2.12. The Hall–Kier alpha value is -1.30. The largest absolute Gasteiger partial charge is 0.366 e. The lowest BCUT2D eigenvalue weighted by molar-refractivity contribution is 0.671. The van der Waals surface area contributed by atoms with E-state index >= 15 is 0 Å². The van der Waals surface area contributed by atoms with Crippen molar-refractivity contribution < 1.29 is 0 Å². The number of hydrogen-bond acceptors (Lipinski definition) is 5. The van der Waals surface area contributed by atoms with Crippen LogP contribution in [0, 0.1) is 0 Å². The molecule has 0 bridgehead atoms. The minimum atomic E-state index is 0.234. The number of nitrogen functional groups attached to an aromatic ring is 2. The van der Waals surface area contributed by atoms with Gasteiger partial charge in [-0.3, -0.25) is 0 Å². The first-order valence-electron chi connectivity index (χ1n) is 3.41. The maximum Gasteiger partial charge on any atom is 0.240 e. The van der Waals surface area contributed by atoms with Crippen LogP contribution in [0.25, 0.3) is 0 Å². The number of anilines is 1. The number of hydrogen-bond donors (Lipinski definition) is 3. The SMILES string of the molecule is CCNCc1nnc(N)n1N. The van der Waals surface area contributed by atoms with E-state index in [9.17, 15) is 0 Å². The van der Waals surface area contributed by atoms with Crippen LogP contribution in [-0.4, -0.2) is 21.4 Å². The molecule has 0 fully saturated rings. The fourth-order valence-corrected chi connectivity index (χ4v) is 0.695. The summed E-state index contributed by atoms with van der Waals surface area (Å²) in [5.41, 5.74) is 5.35. The van der Waals surface area contributed by atoms with Crippen molar-refractivity contribution in [2.24, 2.45) is 0 Å². The van der Waals surface area contributed by atoms with E-state index in [-0.39, 0.29) is 5.95 Å². The molecule has 5 N–H and O–H groups in total. The first-order chi connectivity index (χ1) is 5.25. The van der Waals surface area contributed by atoms with Crippen molar-refractivity contribution in [1.29, 1.82) is 0 Å². The van der Waals surface area contributed by atoms with E-state index in [2.05, 4.69) is 15.5 Å². The van der Waals surface area contributed by atoms with Crippen molar-refractivity contribution in [2.45, 2.75) is 13.5 Å². The molecule has 0 atom stereocenters. The first-order valence-corrected chi connectivity index (χ1v) is 3.41. The average Bonchev–Trinajstić information content (AvgIpc) is 2.31. The summed E-state index contributed by atoms with van der Waals surface area (Å²) in [6, 6.07) is 0. The van der Waals surface area contributed by atoms with Crippen molar-refractivity contribution in [3.63, 3.8) is 0 Å². The van der Waals surface area contributed by atoms with Crippen molar-refractivity contribution >= 4 is 5.95 Å². The Morgan fingerprint density at radius 1 is 1.55 bits per heavy atom. The molecule has 11 heavy (non-hydrogen) atoms. The molecule has 1 heterocycles. The molecule has 62 valence electrons. The first kappa shape index (κ1) is 7.80. The van der Waals surface area contributed by atoms with Crippen LogP contribution >= 0.6 is 0 Å². The molecule has 0 aromatic carbocycles. The minimum Gasteiger partial charge on any atom is -0.366 e. The third-order valence-corrected chi connectivity index (χ3v) is 1.33. The van der Waals surface area contributed by atoms with Crippen LogP contribution in [0.4, 0.5) is 5.95 Å². The Bertz CT molecular complexity index is 229. The fraction of sp³-hybridized carbons (Fsp3) is 0.600. The van der Waals surface area contributed by atoms with Gasteiger partial charge in [0.25, 0.3) is 0 Å². The van der Waals surface area contributed by atoms with E-state index in [4.69, 9.17) is 11.6 Å². The van der Waals surface area contributed by atoms with Gasteiger partial charge in [0.2, 0.25) is 5.95 Å². The number of aromatic nitrogens is 3. The monoisotopic (exact) mass is 156 g/mol. The Balaban J connectivity index is 2.63. The molecule has 6 nitrogen and oxygen atoms in total. The molecule has 1 aromatic heterocycles. The molecule has 0 saturated heterocycles. The summed E-state index contributed by atoms with van der Waals surface area (Å²) in [5, 5.41) is 10.4. The van der Waals surface area contributed by atoms with Crippen LogP contribution < -0.4 is 16.9 Å². The van der Waals surface area contributed by atoms with Crippen molar-refractivity contribution in [3.8, 4) is 0 Å². The molecule has 0 aliphatic carbocycles. The summed E-state index contributed by atoms with van der Waals surface area (Å²) in [6.45, 7) is 3.46. The van der Waals surface area contributed by atoms with Gasteiger partial charge in [-0.05, 0) is 6.54 Å². The fourth-order valence-electron chi connectivity index (χ4n) is 0.695. The maximum atomic E-state index is 5.47. The molecule has 0 amide bonds. The molecule has 6 heteroatoms. The van der Waals surface area contributed by atoms with Gasteiger partial charge >= 0.3 is 0 Å². The summed E-state index contributed by atoms with van der Waals surface area (Å²) in [7, 11) is 0. The van der Waals surface area contributed by atoms with Gasteiger partial charge in [0.1, 0.15) is 0 Å². The lowest BCUT2D eigenvalue weighted by atomic mass is 10.6. The van der Waals surface area contributed by atoms with Gasteiger partial charge in [-0.25, -0.2) is 4.68 Å². The van der Waals surface area contributed by atoms with Gasteiger partial charge in [0.15, 0.2) is 5.82 Å². The van der Waals surface area contributed by atoms with Crippen LogP contribution in [0.2, 0.25) is 0 Å². The van der Waals surface area contributed by atoms with Gasteiger partial charge < -0.3 is 16.9 Å². The minimum absolute atomic E-state index is 0.234. The Labute approximate surface area is 64.6 Å². The Kier molecular flexibility index (Phi) is 2.27. The second kappa shape index (κ2) is 3.20. The van der Waals surface area contributed by atoms with Crippen LogP contribution in [0.15, 0.2) is 0 Å². The molecule has 0 radical (unpaired) electrons. The lowest BCUT2D eigenvalue weighted by Gasteiger charge is -2.00. The molecule has 0 aliphatic rings. The highest BCUT2D eigenvalue weighted by Gasteiger charge is 2.03. The van der Waals surface area contributed by atoms with Gasteiger partial charge in [-0.1, -0.05) is 6.92 Å². The van der Waals surface area contributed by atoms with E-state index in [1.54, 1.807) is 0 Å². The van der Waals surface area contributed by atoms with Crippen LogP contribution in [0.1, 0.15) is 12.7 Å². The summed E-state index contributed by atoms with van der Waals surface area (Å²) < 4.78 is 1.27. The number of nitrogens with zero attached hydrogens (tertiary/aromatic N) is 3. The molecule has 0 unspecified atom stereocenters. The standard InChI is InChI=1S/C5H12N6/c1-2-8-3-4-9-10-5(6)11(4)7/h8H,2-3,7H2,1H3,(H2,6,10). The summed E-state index contributed by atoms with van der Waals surface area (Å²) in [5.74, 6) is 6.35. The highest BCUT2D eigenvalue weighted by Crippen LogP contribution is 1.95. The van der Waals surface area contributed by atoms with Crippen LogP contribution in [0.3, 0.4) is 0 Å². The quantitative estimate of drug-likeness (QED) is 0.472. The molecule has 1 aromatic rings. The van der Waals surface area contributed by atoms with E-state index < -0.39 is 0 Å². The van der Waals surface area contributed by atoms with E-state index in [1.807, 2.05) is 6.92 Å². The van der Waals surface area contributed by atoms with Gasteiger partial charge in [-0.2, -0.15) is 0 Å². The van der Waals surface area contributed by atoms with Gasteiger partial charge in [0, 0.05) is 0 Å². The van der Waals surface area contributed by atoms with Crippen molar-refractivity contribution in [2.75, 3.05) is 18.1 Å². The average molecular weight is 156 g/mol. The Morgan fingerprint density at radius 2 is 2.27 bits per heavy atom. The van der Waals surface area contributed by atoms with E-state index in [0.29, 0.717) is 12.4 Å². The van der Waals surface area contributed by atoms with Crippen molar-refractivity contribution in [3.05, 3.63) is 5.82 Å². The predicted octanol–water partition coefficient (Wildman–Crippen LogP) is -1.32. The zero-order chi connectivity index (χ0) is 8.27. The predicted molar refractivity (Wildman–Crippen MR) is 42.0 cm³/mol. The van der Waals surface area contributed by atoms with Crippen LogP contribution in [-0.2, 0) is 6.54 Å². The third-order valence-electron chi connectivity index (χ3n) is 1.33. The smallest absolute Gasteiger partial charge is 0.240 e.